The molecule has 0 spiro atoms. The van der Waals surface area contributed by atoms with E-state index in [1.54, 1.807) is 0 Å². The first-order valence-corrected chi connectivity index (χ1v) is 6.26. The third-order valence-corrected chi connectivity index (χ3v) is 3.56. The smallest absolute Gasteiger partial charge is 0.308 e. The van der Waals surface area contributed by atoms with E-state index in [0.717, 1.165) is 6.07 Å². The standard InChI is InChI=1S/C13H15FN2O4/c1-8-5-15(7-12(8)13(17)18)6-9-2-10(14)4-11(3-9)16(19)20/h2-4,8,12H,5-7H2,1H3,(H,17,18). The van der Waals surface area contributed by atoms with Crippen molar-refractivity contribution in [3.8, 4) is 0 Å². The zero-order chi connectivity index (χ0) is 14.9. The van der Waals surface area contributed by atoms with Gasteiger partial charge in [0.05, 0.1) is 16.9 Å². The number of nitro groups is 1. The lowest BCUT2D eigenvalue weighted by Crippen LogP contribution is -2.23. The summed E-state index contributed by atoms with van der Waals surface area (Å²) in [5.74, 6) is -1.93. The number of halogens is 1. The van der Waals surface area contributed by atoms with Gasteiger partial charge in [-0.05, 0) is 17.5 Å². The molecule has 0 aromatic heterocycles. The third-order valence-electron chi connectivity index (χ3n) is 3.56. The van der Waals surface area contributed by atoms with E-state index in [1.807, 2.05) is 11.8 Å². The molecule has 0 amide bonds. The van der Waals surface area contributed by atoms with Gasteiger partial charge < -0.3 is 5.11 Å². The lowest BCUT2D eigenvalue weighted by Gasteiger charge is -2.15. The molecule has 0 radical (unpaired) electrons. The average Bonchev–Trinajstić information content (AvgIpc) is 2.69. The van der Waals surface area contributed by atoms with Gasteiger partial charge in [-0.25, -0.2) is 4.39 Å². The van der Waals surface area contributed by atoms with Crippen LogP contribution in [0.15, 0.2) is 18.2 Å². The molecule has 1 aromatic carbocycles. The van der Waals surface area contributed by atoms with Crippen molar-refractivity contribution in [2.75, 3.05) is 13.1 Å². The lowest BCUT2D eigenvalue weighted by molar-refractivity contribution is -0.385. The van der Waals surface area contributed by atoms with Crippen molar-refractivity contribution in [2.45, 2.75) is 13.5 Å². The number of carbonyl (C=O) groups is 1. The van der Waals surface area contributed by atoms with E-state index in [0.29, 0.717) is 25.2 Å². The summed E-state index contributed by atoms with van der Waals surface area (Å²) in [6.07, 6.45) is 0. The zero-order valence-corrected chi connectivity index (χ0v) is 11.0. The Hall–Kier alpha value is -2.02. The molecular weight excluding hydrogens is 267 g/mol. The zero-order valence-electron chi connectivity index (χ0n) is 11.0. The molecule has 1 saturated heterocycles. The number of non-ortho nitro benzene ring substituents is 1. The molecule has 1 aromatic rings. The predicted octanol–water partition coefficient (Wildman–Crippen LogP) is 1.89. The second-order valence-electron chi connectivity index (χ2n) is 5.19. The van der Waals surface area contributed by atoms with Crippen LogP contribution < -0.4 is 0 Å². The predicted molar refractivity (Wildman–Crippen MR) is 68.6 cm³/mol. The molecule has 0 bridgehead atoms. The minimum absolute atomic E-state index is 0.0102. The molecule has 2 rings (SSSR count). The first kappa shape index (κ1) is 14.4. The summed E-state index contributed by atoms with van der Waals surface area (Å²) in [5.41, 5.74) is 0.192. The maximum atomic E-state index is 13.3. The molecule has 2 atom stereocenters. The number of nitro benzene ring substituents is 1. The fourth-order valence-electron chi connectivity index (χ4n) is 2.61. The van der Waals surface area contributed by atoms with E-state index in [1.165, 1.54) is 12.1 Å². The Bertz CT molecular complexity index is 549. The molecule has 6 nitrogen and oxygen atoms in total. The molecule has 0 aliphatic carbocycles. The van der Waals surface area contributed by atoms with Crippen LogP contribution in [0.25, 0.3) is 0 Å². The molecule has 1 heterocycles. The van der Waals surface area contributed by atoms with Gasteiger partial charge in [0.1, 0.15) is 5.82 Å². The Morgan fingerprint density at radius 2 is 2.20 bits per heavy atom. The highest BCUT2D eigenvalue weighted by Gasteiger charge is 2.34. The molecule has 108 valence electrons. The van der Waals surface area contributed by atoms with Crippen molar-refractivity contribution in [1.29, 1.82) is 0 Å². The van der Waals surface area contributed by atoms with Gasteiger partial charge in [0, 0.05) is 25.7 Å². The molecule has 1 aliphatic heterocycles. The Balaban J connectivity index is 2.11. The number of rotatable bonds is 4. The van der Waals surface area contributed by atoms with Crippen molar-refractivity contribution < 1.29 is 19.2 Å². The maximum Gasteiger partial charge on any atom is 0.308 e. The first-order chi connectivity index (χ1) is 9.36. The highest BCUT2D eigenvalue weighted by atomic mass is 19.1. The topological polar surface area (TPSA) is 83.7 Å². The molecule has 7 heteroatoms. The Labute approximate surface area is 115 Å². The van der Waals surface area contributed by atoms with E-state index in [9.17, 15) is 19.3 Å². The van der Waals surface area contributed by atoms with E-state index >= 15 is 0 Å². The van der Waals surface area contributed by atoms with Gasteiger partial charge in [-0.2, -0.15) is 0 Å². The number of hydrogen-bond acceptors (Lipinski definition) is 4. The van der Waals surface area contributed by atoms with Gasteiger partial charge in [-0.1, -0.05) is 6.92 Å². The number of nitrogens with zero attached hydrogens (tertiary/aromatic N) is 2. The third kappa shape index (κ3) is 3.11. The SMILES string of the molecule is CC1CN(Cc2cc(F)cc([N+](=O)[O-])c2)CC1C(=O)O. The van der Waals surface area contributed by atoms with Crippen molar-refractivity contribution in [2.24, 2.45) is 11.8 Å². The molecule has 20 heavy (non-hydrogen) atoms. The van der Waals surface area contributed by atoms with E-state index in [-0.39, 0.29) is 11.6 Å². The number of carboxylic acids is 1. The van der Waals surface area contributed by atoms with Gasteiger partial charge >= 0.3 is 5.97 Å². The summed E-state index contributed by atoms with van der Waals surface area (Å²) in [4.78, 5) is 23.0. The van der Waals surface area contributed by atoms with Crippen LogP contribution in [-0.2, 0) is 11.3 Å². The van der Waals surface area contributed by atoms with Crippen molar-refractivity contribution in [3.05, 3.63) is 39.7 Å². The van der Waals surface area contributed by atoms with Crippen LogP contribution in [-0.4, -0.2) is 34.0 Å². The number of likely N-dealkylation sites (tertiary alicyclic amines) is 1. The molecule has 1 fully saturated rings. The minimum Gasteiger partial charge on any atom is -0.481 e. The first-order valence-electron chi connectivity index (χ1n) is 6.26. The van der Waals surface area contributed by atoms with E-state index in [4.69, 9.17) is 5.11 Å². The van der Waals surface area contributed by atoms with Crippen LogP contribution in [0, 0.1) is 27.8 Å². The summed E-state index contributed by atoms with van der Waals surface area (Å²) >= 11 is 0. The normalized spacial score (nSPS) is 22.9. The van der Waals surface area contributed by atoms with Gasteiger partial charge in [0.25, 0.3) is 5.69 Å². The van der Waals surface area contributed by atoms with Crippen LogP contribution >= 0.6 is 0 Å². The molecule has 0 saturated carbocycles. The fraction of sp³-hybridized carbons (Fsp3) is 0.462. The van der Waals surface area contributed by atoms with Crippen molar-refractivity contribution in [1.82, 2.24) is 4.90 Å². The highest BCUT2D eigenvalue weighted by Crippen LogP contribution is 2.26. The molecular formula is C13H15FN2O4. The second-order valence-corrected chi connectivity index (χ2v) is 5.19. The minimum atomic E-state index is -0.842. The van der Waals surface area contributed by atoms with Crippen molar-refractivity contribution >= 4 is 11.7 Å². The summed E-state index contributed by atoms with van der Waals surface area (Å²) < 4.78 is 13.3. The number of hydrogen-bond donors (Lipinski definition) is 1. The van der Waals surface area contributed by atoms with Crippen LogP contribution in [0.3, 0.4) is 0 Å². The van der Waals surface area contributed by atoms with Crippen LogP contribution in [0.2, 0.25) is 0 Å². The number of benzene rings is 1. The van der Waals surface area contributed by atoms with Gasteiger partial charge in [0.2, 0.25) is 0 Å². The lowest BCUT2D eigenvalue weighted by atomic mass is 9.99. The van der Waals surface area contributed by atoms with Crippen LogP contribution in [0.5, 0.6) is 0 Å². The number of aliphatic carboxylic acids is 1. The largest absolute Gasteiger partial charge is 0.481 e. The Morgan fingerprint density at radius 1 is 1.50 bits per heavy atom. The summed E-state index contributed by atoms with van der Waals surface area (Å²) in [6, 6.07) is 3.43. The van der Waals surface area contributed by atoms with E-state index in [2.05, 4.69) is 0 Å². The highest BCUT2D eigenvalue weighted by molar-refractivity contribution is 5.71. The fourth-order valence-corrected chi connectivity index (χ4v) is 2.61. The summed E-state index contributed by atoms with van der Waals surface area (Å²) in [5, 5.41) is 19.7. The monoisotopic (exact) mass is 282 g/mol. The maximum absolute atomic E-state index is 13.3. The average molecular weight is 282 g/mol. The molecule has 2 unspecified atom stereocenters. The summed E-state index contributed by atoms with van der Waals surface area (Å²) in [6.45, 7) is 3.13. The quantitative estimate of drug-likeness (QED) is 0.673. The van der Waals surface area contributed by atoms with Gasteiger partial charge in [0.15, 0.2) is 0 Å². The van der Waals surface area contributed by atoms with Crippen LogP contribution in [0.1, 0.15) is 12.5 Å². The Morgan fingerprint density at radius 3 is 2.75 bits per heavy atom. The molecule has 1 aliphatic rings. The van der Waals surface area contributed by atoms with E-state index < -0.39 is 22.6 Å². The Kier molecular flexibility index (Phi) is 3.99. The van der Waals surface area contributed by atoms with Crippen LogP contribution in [0.4, 0.5) is 10.1 Å². The molecule has 1 N–H and O–H groups in total. The van der Waals surface area contributed by atoms with Crippen molar-refractivity contribution in [3.63, 3.8) is 0 Å². The summed E-state index contributed by atoms with van der Waals surface area (Å²) in [7, 11) is 0. The van der Waals surface area contributed by atoms with Gasteiger partial charge in [-0.15, -0.1) is 0 Å². The number of carboxylic acid groups (broad SMARTS) is 1. The second kappa shape index (κ2) is 5.54. The van der Waals surface area contributed by atoms with Gasteiger partial charge in [-0.3, -0.25) is 19.8 Å².